The number of fused-ring (bicyclic) bond motifs is 2. The quantitative estimate of drug-likeness (QED) is 0.531. The number of anilines is 1. The molecule has 2 aliphatic rings. The topological polar surface area (TPSA) is 112 Å². The number of rotatable bonds is 7. The van der Waals surface area contributed by atoms with Gasteiger partial charge in [0.25, 0.3) is 5.91 Å². The van der Waals surface area contributed by atoms with Crippen LogP contribution < -0.4 is 24.4 Å². The number of ether oxygens (including phenoxy) is 4. The SMILES string of the molecule is COc1ccc2nccc(CCCNC(=O)[C@H]3CN(c4ccc5c(c4)OCCO5)C(=O)O3)c2n1. The molecule has 0 saturated carbocycles. The molecule has 0 unspecified atom stereocenters. The van der Waals surface area contributed by atoms with E-state index in [0.29, 0.717) is 55.7 Å². The van der Waals surface area contributed by atoms with Gasteiger partial charge < -0.3 is 24.3 Å². The Hall–Kier alpha value is -4.08. The molecule has 0 spiro atoms. The first kappa shape index (κ1) is 21.7. The molecular formula is C24H24N4O6. The number of cyclic esters (lactones) is 1. The third-order valence-electron chi connectivity index (χ3n) is 5.71. The third kappa shape index (κ3) is 4.39. The van der Waals surface area contributed by atoms with Gasteiger partial charge in [-0.15, -0.1) is 0 Å². The minimum atomic E-state index is -0.881. The highest BCUT2D eigenvalue weighted by molar-refractivity contribution is 5.95. The van der Waals surface area contributed by atoms with Gasteiger partial charge in [0.2, 0.25) is 5.88 Å². The highest BCUT2D eigenvalue weighted by Crippen LogP contribution is 2.35. The Bertz CT molecular complexity index is 1230. The number of aryl methyl sites for hydroxylation is 1. The number of benzene rings is 1. The molecule has 0 radical (unpaired) electrons. The van der Waals surface area contributed by atoms with E-state index in [0.717, 1.165) is 16.6 Å². The second kappa shape index (κ2) is 9.42. The lowest BCUT2D eigenvalue weighted by Crippen LogP contribution is -2.38. The van der Waals surface area contributed by atoms with Gasteiger partial charge in [-0.1, -0.05) is 0 Å². The summed E-state index contributed by atoms with van der Waals surface area (Å²) in [6.45, 7) is 1.50. The first-order valence-electron chi connectivity index (χ1n) is 11.1. The number of hydrogen-bond acceptors (Lipinski definition) is 8. The van der Waals surface area contributed by atoms with Crippen LogP contribution in [0.2, 0.25) is 0 Å². The van der Waals surface area contributed by atoms with Gasteiger partial charge in [0.1, 0.15) is 13.2 Å². The fourth-order valence-electron chi connectivity index (χ4n) is 3.99. The molecule has 0 aliphatic carbocycles. The van der Waals surface area contributed by atoms with Crippen molar-refractivity contribution in [2.75, 3.05) is 38.3 Å². The van der Waals surface area contributed by atoms with Crippen LogP contribution in [0, 0.1) is 0 Å². The Balaban J connectivity index is 1.15. The number of carbonyl (C=O) groups excluding carboxylic acids is 2. The summed E-state index contributed by atoms with van der Waals surface area (Å²) < 4.78 is 21.6. The summed E-state index contributed by atoms with van der Waals surface area (Å²) in [5.74, 6) is 1.40. The first-order chi connectivity index (χ1) is 16.6. The molecule has 1 saturated heterocycles. The van der Waals surface area contributed by atoms with E-state index in [-0.39, 0.29) is 12.5 Å². The van der Waals surface area contributed by atoms with Crippen LogP contribution in [0.15, 0.2) is 42.6 Å². The average molecular weight is 464 g/mol. The molecule has 3 aromatic rings. The minimum absolute atomic E-state index is 0.128. The van der Waals surface area contributed by atoms with Crippen molar-refractivity contribution in [3.63, 3.8) is 0 Å². The van der Waals surface area contributed by atoms with Gasteiger partial charge in [0, 0.05) is 24.9 Å². The van der Waals surface area contributed by atoms with Gasteiger partial charge in [-0.25, -0.2) is 9.78 Å². The lowest BCUT2D eigenvalue weighted by molar-refractivity contribution is -0.127. The number of nitrogens with zero attached hydrogens (tertiary/aromatic N) is 3. The molecule has 10 nitrogen and oxygen atoms in total. The Morgan fingerprint density at radius 3 is 2.88 bits per heavy atom. The molecule has 1 N–H and O–H groups in total. The zero-order chi connectivity index (χ0) is 23.5. The molecule has 5 rings (SSSR count). The largest absolute Gasteiger partial charge is 0.486 e. The smallest absolute Gasteiger partial charge is 0.415 e. The normalized spacial score (nSPS) is 16.9. The van der Waals surface area contributed by atoms with Crippen LogP contribution >= 0.6 is 0 Å². The van der Waals surface area contributed by atoms with Crippen molar-refractivity contribution >= 4 is 28.7 Å². The van der Waals surface area contributed by atoms with Crippen molar-refractivity contribution in [3.05, 3.63) is 48.2 Å². The van der Waals surface area contributed by atoms with Crippen LogP contribution in [0.4, 0.5) is 10.5 Å². The second-order valence-corrected chi connectivity index (χ2v) is 7.90. The standard InChI is InChI=1S/C24H24N4O6/c1-31-21-7-5-17-22(27-21)15(8-10-25-17)3-2-9-26-23(29)20-14-28(24(30)34-20)16-4-6-18-19(13-16)33-12-11-32-18/h4-8,10,13,20H,2-3,9,11-12,14H2,1H3,(H,26,29)/t20-/m1/s1. The van der Waals surface area contributed by atoms with Crippen molar-refractivity contribution in [3.8, 4) is 17.4 Å². The number of methoxy groups -OCH3 is 1. The van der Waals surface area contributed by atoms with E-state index < -0.39 is 12.2 Å². The van der Waals surface area contributed by atoms with Crippen LogP contribution in [0.3, 0.4) is 0 Å². The molecular weight excluding hydrogens is 440 g/mol. The lowest BCUT2D eigenvalue weighted by Gasteiger charge is -2.20. The monoisotopic (exact) mass is 464 g/mol. The number of amides is 2. The van der Waals surface area contributed by atoms with Crippen molar-refractivity contribution in [1.29, 1.82) is 0 Å². The van der Waals surface area contributed by atoms with Gasteiger partial charge in [-0.05, 0) is 42.7 Å². The third-order valence-corrected chi connectivity index (χ3v) is 5.71. The van der Waals surface area contributed by atoms with Crippen molar-refractivity contribution in [2.24, 2.45) is 0 Å². The number of aromatic nitrogens is 2. The first-order valence-corrected chi connectivity index (χ1v) is 11.1. The van der Waals surface area contributed by atoms with Crippen LogP contribution in [0.1, 0.15) is 12.0 Å². The summed E-state index contributed by atoms with van der Waals surface area (Å²) in [6, 6.07) is 10.8. The second-order valence-electron chi connectivity index (χ2n) is 7.90. The summed E-state index contributed by atoms with van der Waals surface area (Å²) in [4.78, 5) is 35.2. The maximum absolute atomic E-state index is 12.6. The molecule has 2 amide bonds. The Morgan fingerprint density at radius 2 is 2.03 bits per heavy atom. The van der Waals surface area contributed by atoms with Crippen LogP contribution in [0.25, 0.3) is 11.0 Å². The van der Waals surface area contributed by atoms with Crippen molar-refractivity contribution in [2.45, 2.75) is 18.9 Å². The fraction of sp³-hybridized carbons (Fsp3) is 0.333. The number of carbonyl (C=O) groups is 2. The van der Waals surface area contributed by atoms with E-state index in [1.807, 2.05) is 12.1 Å². The van der Waals surface area contributed by atoms with Crippen LogP contribution in [-0.4, -0.2) is 61.5 Å². The fourth-order valence-corrected chi connectivity index (χ4v) is 3.99. The van der Waals surface area contributed by atoms with Crippen LogP contribution in [-0.2, 0) is 16.0 Å². The minimum Gasteiger partial charge on any atom is -0.486 e. The summed E-state index contributed by atoms with van der Waals surface area (Å²) >= 11 is 0. The van der Waals surface area contributed by atoms with E-state index in [4.69, 9.17) is 18.9 Å². The molecule has 34 heavy (non-hydrogen) atoms. The van der Waals surface area contributed by atoms with Gasteiger partial charge in [0.15, 0.2) is 17.6 Å². The predicted molar refractivity (Wildman–Crippen MR) is 122 cm³/mol. The molecule has 10 heteroatoms. The summed E-state index contributed by atoms with van der Waals surface area (Å²) in [6.07, 6.45) is 1.69. The van der Waals surface area contributed by atoms with E-state index in [1.165, 1.54) is 4.90 Å². The molecule has 176 valence electrons. The van der Waals surface area contributed by atoms with Gasteiger partial charge >= 0.3 is 6.09 Å². The number of nitrogens with one attached hydrogen (secondary N) is 1. The molecule has 4 heterocycles. The van der Waals surface area contributed by atoms with Gasteiger partial charge in [0.05, 0.1) is 30.4 Å². The van der Waals surface area contributed by atoms with E-state index >= 15 is 0 Å². The summed E-state index contributed by atoms with van der Waals surface area (Å²) in [7, 11) is 1.57. The molecule has 1 atom stereocenters. The predicted octanol–water partition coefficient (Wildman–Crippen LogP) is 2.48. The average Bonchev–Trinajstić information content (AvgIpc) is 3.27. The Kier molecular flexibility index (Phi) is 6.03. The Morgan fingerprint density at radius 1 is 1.18 bits per heavy atom. The van der Waals surface area contributed by atoms with Gasteiger partial charge in [-0.3, -0.25) is 14.7 Å². The van der Waals surface area contributed by atoms with Crippen molar-refractivity contribution < 1.29 is 28.5 Å². The zero-order valence-corrected chi connectivity index (χ0v) is 18.7. The molecule has 1 fully saturated rings. The van der Waals surface area contributed by atoms with Crippen LogP contribution in [0.5, 0.6) is 17.4 Å². The van der Waals surface area contributed by atoms with E-state index in [1.54, 1.807) is 37.6 Å². The molecule has 1 aromatic carbocycles. The highest BCUT2D eigenvalue weighted by atomic mass is 16.6. The summed E-state index contributed by atoms with van der Waals surface area (Å²) in [5.41, 5.74) is 3.19. The number of hydrogen-bond donors (Lipinski definition) is 1. The highest BCUT2D eigenvalue weighted by Gasteiger charge is 2.37. The van der Waals surface area contributed by atoms with Gasteiger partial charge in [-0.2, -0.15) is 0 Å². The summed E-state index contributed by atoms with van der Waals surface area (Å²) in [5, 5.41) is 2.86. The van der Waals surface area contributed by atoms with E-state index in [9.17, 15) is 9.59 Å². The molecule has 2 aliphatic heterocycles. The molecule has 2 aromatic heterocycles. The Labute approximate surface area is 195 Å². The maximum atomic E-state index is 12.6. The van der Waals surface area contributed by atoms with Crippen molar-refractivity contribution in [1.82, 2.24) is 15.3 Å². The zero-order valence-electron chi connectivity index (χ0n) is 18.7. The lowest BCUT2D eigenvalue weighted by atomic mass is 10.1. The molecule has 0 bridgehead atoms. The number of pyridine rings is 2. The van der Waals surface area contributed by atoms with E-state index in [2.05, 4.69) is 15.3 Å². The maximum Gasteiger partial charge on any atom is 0.415 e.